The second-order valence-electron chi connectivity index (χ2n) is 7.31. The van der Waals surface area contributed by atoms with Crippen LogP contribution in [0.5, 0.6) is 5.75 Å². The summed E-state index contributed by atoms with van der Waals surface area (Å²) in [5.41, 5.74) is 4.85. The van der Waals surface area contributed by atoms with Gasteiger partial charge < -0.3 is 14.5 Å². The molecule has 0 aliphatic rings. The molecule has 0 aliphatic carbocycles. The summed E-state index contributed by atoms with van der Waals surface area (Å²) in [6.45, 7) is 3.07. The third-order valence-electron chi connectivity index (χ3n) is 5.00. The SMILES string of the molecule is Cc1cccn2cc(COc3ccc(C(=O)NCCCc4ccccc4)cc3)nc12. The highest BCUT2D eigenvalue weighted by molar-refractivity contribution is 5.94. The number of aromatic nitrogens is 2. The molecular weight excluding hydrogens is 374 g/mol. The van der Waals surface area contributed by atoms with Crippen molar-refractivity contribution < 1.29 is 9.53 Å². The van der Waals surface area contributed by atoms with Gasteiger partial charge in [0, 0.05) is 24.5 Å². The number of nitrogens with one attached hydrogen (secondary N) is 1. The Hall–Kier alpha value is -3.60. The summed E-state index contributed by atoms with van der Waals surface area (Å²) in [4.78, 5) is 16.9. The molecule has 5 nitrogen and oxygen atoms in total. The van der Waals surface area contributed by atoms with E-state index >= 15 is 0 Å². The maximum absolute atomic E-state index is 12.3. The van der Waals surface area contributed by atoms with E-state index in [-0.39, 0.29) is 5.91 Å². The fourth-order valence-electron chi connectivity index (χ4n) is 3.37. The van der Waals surface area contributed by atoms with Gasteiger partial charge in [0.1, 0.15) is 18.0 Å². The average Bonchev–Trinajstić information content (AvgIpc) is 3.21. The summed E-state index contributed by atoms with van der Waals surface area (Å²) < 4.78 is 7.84. The van der Waals surface area contributed by atoms with E-state index in [0.29, 0.717) is 24.5 Å². The number of rotatable bonds is 8. The average molecular weight is 399 g/mol. The van der Waals surface area contributed by atoms with E-state index < -0.39 is 0 Å². The van der Waals surface area contributed by atoms with Crippen molar-refractivity contribution in [3.63, 3.8) is 0 Å². The van der Waals surface area contributed by atoms with Gasteiger partial charge in [-0.25, -0.2) is 4.98 Å². The van der Waals surface area contributed by atoms with Gasteiger partial charge in [-0.3, -0.25) is 4.79 Å². The lowest BCUT2D eigenvalue weighted by atomic mass is 10.1. The van der Waals surface area contributed by atoms with Crippen LogP contribution < -0.4 is 10.1 Å². The van der Waals surface area contributed by atoms with Crippen LogP contribution in [-0.2, 0) is 13.0 Å². The highest BCUT2D eigenvalue weighted by Gasteiger charge is 2.07. The van der Waals surface area contributed by atoms with Crippen LogP contribution in [0.2, 0.25) is 0 Å². The van der Waals surface area contributed by atoms with Gasteiger partial charge in [0.15, 0.2) is 0 Å². The van der Waals surface area contributed by atoms with Crippen molar-refractivity contribution >= 4 is 11.6 Å². The Morgan fingerprint density at radius 1 is 1.03 bits per heavy atom. The third-order valence-corrected chi connectivity index (χ3v) is 5.00. The monoisotopic (exact) mass is 399 g/mol. The smallest absolute Gasteiger partial charge is 0.251 e. The quantitative estimate of drug-likeness (QED) is 0.441. The molecule has 4 aromatic rings. The number of fused-ring (bicyclic) bond motifs is 1. The van der Waals surface area contributed by atoms with Crippen molar-refractivity contribution in [1.29, 1.82) is 0 Å². The standard InChI is InChI=1S/C25H25N3O2/c1-19-7-6-16-28-17-22(27-24(19)28)18-30-23-13-11-21(12-14-23)25(29)26-15-5-10-20-8-3-2-4-9-20/h2-4,6-9,11-14,16-17H,5,10,15,18H2,1H3,(H,26,29). The molecule has 4 rings (SSSR count). The minimum Gasteiger partial charge on any atom is -0.487 e. The lowest BCUT2D eigenvalue weighted by Gasteiger charge is -2.07. The largest absolute Gasteiger partial charge is 0.487 e. The second kappa shape index (κ2) is 9.27. The van der Waals surface area contributed by atoms with Crippen LogP contribution in [-0.4, -0.2) is 21.8 Å². The number of benzene rings is 2. The first-order valence-corrected chi connectivity index (χ1v) is 10.2. The minimum absolute atomic E-state index is 0.0644. The van der Waals surface area contributed by atoms with Gasteiger partial charge in [0.05, 0.1) is 5.69 Å². The number of carbonyl (C=O) groups excluding carboxylic acids is 1. The molecule has 2 aromatic carbocycles. The van der Waals surface area contributed by atoms with Gasteiger partial charge in [0.25, 0.3) is 5.91 Å². The first-order valence-electron chi connectivity index (χ1n) is 10.2. The number of pyridine rings is 1. The molecule has 152 valence electrons. The van der Waals surface area contributed by atoms with Gasteiger partial charge in [-0.2, -0.15) is 0 Å². The molecule has 0 radical (unpaired) electrons. The summed E-state index contributed by atoms with van der Waals surface area (Å²) in [5, 5.41) is 2.97. The van der Waals surface area contributed by atoms with Crippen LogP contribution in [0.1, 0.15) is 33.6 Å². The molecule has 1 amide bonds. The van der Waals surface area contributed by atoms with Crippen molar-refractivity contribution in [2.45, 2.75) is 26.4 Å². The highest BCUT2D eigenvalue weighted by atomic mass is 16.5. The number of ether oxygens (including phenoxy) is 1. The van der Waals surface area contributed by atoms with Crippen LogP contribution in [0.4, 0.5) is 0 Å². The molecule has 0 aliphatic heterocycles. The summed E-state index contributed by atoms with van der Waals surface area (Å²) in [5.74, 6) is 0.648. The van der Waals surface area contributed by atoms with E-state index in [1.165, 1.54) is 5.56 Å². The Morgan fingerprint density at radius 2 is 1.83 bits per heavy atom. The van der Waals surface area contributed by atoms with E-state index in [0.717, 1.165) is 29.7 Å². The van der Waals surface area contributed by atoms with Crippen LogP contribution in [0.25, 0.3) is 5.65 Å². The molecule has 0 bridgehead atoms. The molecule has 5 heteroatoms. The lowest BCUT2D eigenvalue weighted by molar-refractivity contribution is 0.0953. The van der Waals surface area contributed by atoms with Gasteiger partial charge in [-0.15, -0.1) is 0 Å². The van der Waals surface area contributed by atoms with E-state index in [1.807, 2.05) is 66.2 Å². The summed E-state index contributed by atoms with van der Waals surface area (Å²) >= 11 is 0. The third kappa shape index (κ3) is 4.87. The number of amides is 1. The maximum Gasteiger partial charge on any atom is 0.251 e. The highest BCUT2D eigenvalue weighted by Crippen LogP contribution is 2.16. The molecule has 0 saturated carbocycles. The molecule has 1 N–H and O–H groups in total. The predicted molar refractivity (Wildman–Crippen MR) is 118 cm³/mol. The summed E-state index contributed by atoms with van der Waals surface area (Å²) in [6.07, 6.45) is 5.82. The summed E-state index contributed by atoms with van der Waals surface area (Å²) in [6, 6.07) is 21.5. The van der Waals surface area contributed by atoms with Gasteiger partial charge in [-0.05, 0) is 61.2 Å². The molecular formula is C25H25N3O2. The van der Waals surface area contributed by atoms with Gasteiger partial charge >= 0.3 is 0 Å². The van der Waals surface area contributed by atoms with E-state index in [1.54, 1.807) is 12.1 Å². The predicted octanol–water partition coefficient (Wildman–Crippen LogP) is 4.58. The molecule has 2 heterocycles. The van der Waals surface area contributed by atoms with Crippen LogP contribution in [0.3, 0.4) is 0 Å². The summed E-state index contributed by atoms with van der Waals surface area (Å²) in [7, 11) is 0. The van der Waals surface area contributed by atoms with Crippen LogP contribution in [0.15, 0.2) is 79.1 Å². The zero-order valence-corrected chi connectivity index (χ0v) is 17.0. The van der Waals surface area contributed by atoms with Crippen molar-refractivity contribution in [1.82, 2.24) is 14.7 Å². The van der Waals surface area contributed by atoms with Crippen molar-refractivity contribution in [2.75, 3.05) is 6.54 Å². The zero-order valence-electron chi connectivity index (χ0n) is 17.0. The maximum atomic E-state index is 12.3. The minimum atomic E-state index is -0.0644. The fourth-order valence-corrected chi connectivity index (χ4v) is 3.37. The number of carbonyl (C=O) groups is 1. The van der Waals surface area contributed by atoms with Crippen LogP contribution >= 0.6 is 0 Å². The van der Waals surface area contributed by atoms with Crippen molar-refractivity contribution in [3.05, 3.63) is 102 Å². The molecule has 0 fully saturated rings. The molecule has 0 unspecified atom stereocenters. The Bertz CT molecular complexity index is 1120. The Morgan fingerprint density at radius 3 is 2.60 bits per heavy atom. The molecule has 2 aromatic heterocycles. The van der Waals surface area contributed by atoms with Crippen molar-refractivity contribution in [2.24, 2.45) is 0 Å². The molecule has 0 atom stereocenters. The normalized spacial score (nSPS) is 10.8. The molecule has 0 spiro atoms. The molecule has 0 saturated heterocycles. The zero-order chi connectivity index (χ0) is 20.8. The van der Waals surface area contributed by atoms with Gasteiger partial charge in [0.2, 0.25) is 0 Å². The lowest BCUT2D eigenvalue weighted by Crippen LogP contribution is -2.24. The van der Waals surface area contributed by atoms with E-state index in [2.05, 4.69) is 22.4 Å². The fraction of sp³-hybridized carbons (Fsp3) is 0.200. The second-order valence-corrected chi connectivity index (χ2v) is 7.31. The van der Waals surface area contributed by atoms with Gasteiger partial charge in [-0.1, -0.05) is 36.4 Å². The number of nitrogens with zero attached hydrogens (tertiary/aromatic N) is 2. The van der Waals surface area contributed by atoms with Crippen molar-refractivity contribution in [3.8, 4) is 5.75 Å². The van der Waals surface area contributed by atoms with E-state index in [4.69, 9.17) is 4.74 Å². The van der Waals surface area contributed by atoms with E-state index in [9.17, 15) is 4.79 Å². The first kappa shape index (κ1) is 19.7. The topological polar surface area (TPSA) is 55.6 Å². The number of imidazole rings is 1. The number of hydrogen-bond donors (Lipinski definition) is 1. The first-order chi connectivity index (χ1) is 14.7. The molecule has 30 heavy (non-hydrogen) atoms. The Balaban J connectivity index is 1.25. The number of hydrogen-bond acceptors (Lipinski definition) is 3. The Labute approximate surface area is 176 Å². The Kier molecular flexibility index (Phi) is 6.09. The number of aryl methyl sites for hydroxylation is 2. The van der Waals surface area contributed by atoms with Crippen LogP contribution in [0, 0.1) is 6.92 Å².